The van der Waals surface area contributed by atoms with Crippen LogP contribution >= 0.6 is 11.8 Å². The summed E-state index contributed by atoms with van der Waals surface area (Å²) in [6.07, 6.45) is 1.22. The zero-order valence-electron chi connectivity index (χ0n) is 19.1. The first-order valence-electron chi connectivity index (χ1n) is 11.3. The molecule has 0 aromatic heterocycles. The molecule has 184 valence electrons. The van der Waals surface area contributed by atoms with E-state index in [4.69, 9.17) is 4.74 Å². The third-order valence-electron chi connectivity index (χ3n) is 5.84. The van der Waals surface area contributed by atoms with Crippen LogP contribution in [-0.2, 0) is 11.0 Å². The molecule has 9 heteroatoms. The molecule has 1 aliphatic rings. The van der Waals surface area contributed by atoms with Gasteiger partial charge in [0.2, 0.25) is 5.91 Å². The van der Waals surface area contributed by atoms with Crippen LogP contribution in [0.25, 0.3) is 0 Å². The molecule has 5 nitrogen and oxygen atoms in total. The van der Waals surface area contributed by atoms with Crippen LogP contribution in [0.3, 0.4) is 0 Å². The van der Waals surface area contributed by atoms with E-state index in [0.717, 1.165) is 37.8 Å². The second-order valence-electron chi connectivity index (χ2n) is 8.21. The van der Waals surface area contributed by atoms with Crippen LogP contribution in [0.1, 0.15) is 48.0 Å². The number of carbonyl (C=O) groups is 2. The molecule has 1 aliphatic carbocycles. The van der Waals surface area contributed by atoms with Crippen molar-refractivity contribution in [3.05, 3.63) is 59.7 Å². The van der Waals surface area contributed by atoms with Crippen LogP contribution in [0.2, 0.25) is 0 Å². The highest BCUT2D eigenvalue weighted by molar-refractivity contribution is 8.00. The molecule has 2 aromatic carbocycles. The van der Waals surface area contributed by atoms with Crippen LogP contribution in [0.5, 0.6) is 5.75 Å². The first kappa shape index (κ1) is 25.9. The molecule has 0 atom stereocenters. The van der Waals surface area contributed by atoms with Crippen molar-refractivity contribution in [2.75, 3.05) is 26.0 Å². The summed E-state index contributed by atoms with van der Waals surface area (Å²) in [4.78, 5) is 27.9. The number of ether oxygens (including phenoxy) is 1. The number of nitrogens with zero attached hydrogens (tertiary/aromatic N) is 1. The van der Waals surface area contributed by atoms with Gasteiger partial charge in [0, 0.05) is 18.0 Å². The summed E-state index contributed by atoms with van der Waals surface area (Å²) < 4.78 is 43.3. The Morgan fingerprint density at radius 2 is 1.74 bits per heavy atom. The average Bonchev–Trinajstić information content (AvgIpc) is 2.85. The number of amides is 2. The summed E-state index contributed by atoms with van der Waals surface area (Å²) in [5.41, 5.74) is -0.277. The molecule has 2 aromatic rings. The van der Waals surface area contributed by atoms with Crippen molar-refractivity contribution in [2.45, 2.75) is 49.2 Å². The van der Waals surface area contributed by atoms with Gasteiger partial charge < -0.3 is 15.0 Å². The second kappa shape index (κ2) is 12.1. The predicted molar refractivity (Wildman–Crippen MR) is 126 cm³/mol. The summed E-state index contributed by atoms with van der Waals surface area (Å²) in [6.45, 7) is 0.291. The predicted octanol–water partition coefficient (Wildman–Crippen LogP) is 5.40. The Morgan fingerprint density at radius 3 is 2.41 bits per heavy atom. The zero-order chi connectivity index (χ0) is 24.6. The van der Waals surface area contributed by atoms with Crippen molar-refractivity contribution in [1.82, 2.24) is 10.2 Å². The first-order valence-corrected chi connectivity index (χ1v) is 12.3. The van der Waals surface area contributed by atoms with Crippen LogP contribution in [0, 0.1) is 0 Å². The smallest absolute Gasteiger partial charge is 0.416 e. The molecular weight excluding hydrogens is 465 g/mol. The lowest BCUT2D eigenvalue weighted by Gasteiger charge is -2.31. The molecule has 3 rings (SSSR count). The van der Waals surface area contributed by atoms with E-state index in [1.54, 1.807) is 12.1 Å². The summed E-state index contributed by atoms with van der Waals surface area (Å²) in [5, 5.41) is 2.75. The van der Waals surface area contributed by atoms with E-state index in [1.807, 2.05) is 24.1 Å². The van der Waals surface area contributed by atoms with Gasteiger partial charge in [0.15, 0.2) is 0 Å². The van der Waals surface area contributed by atoms with E-state index in [2.05, 4.69) is 5.32 Å². The third-order valence-corrected chi connectivity index (χ3v) is 6.89. The monoisotopic (exact) mass is 494 g/mol. The fourth-order valence-corrected chi connectivity index (χ4v) is 4.84. The van der Waals surface area contributed by atoms with Gasteiger partial charge in [-0.25, -0.2) is 0 Å². The Morgan fingerprint density at radius 1 is 1.06 bits per heavy atom. The normalized spacial score (nSPS) is 14.5. The minimum atomic E-state index is -4.40. The summed E-state index contributed by atoms with van der Waals surface area (Å²) in [7, 11) is 1.86. The molecule has 0 bridgehead atoms. The lowest BCUT2D eigenvalue weighted by Crippen LogP contribution is -2.39. The fraction of sp³-hybridized carbons (Fsp3) is 0.440. The molecule has 0 spiro atoms. The number of halogens is 3. The van der Waals surface area contributed by atoms with Gasteiger partial charge in [0.1, 0.15) is 12.4 Å². The molecule has 0 saturated heterocycles. The molecule has 1 saturated carbocycles. The molecule has 1 fully saturated rings. The Kier molecular flexibility index (Phi) is 9.27. The standard InChI is InChI=1S/C25H29F3N2O3S/c1-30(19-7-3-2-4-8-19)23(31)17-34-22-10-6-5-9-21(22)24(32)29-15-16-33-20-13-11-18(12-14-20)25(26,27)28/h5-6,9-14,19H,2-4,7-8,15-17H2,1H3,(H,29,32). The lowest BCUT2D eigenvalue weighted by atomic mass is 9.94. The first-order chi connectivity index (χ1) is 16.3. The van der Waals surface area contributed by atoms with Crippen LogP contribution in [0.15, 0.2) is 53.4 Å². The van der Waals surface area contributed by atoms with Crippen molar-refractivity contribution in [3.63, 3.8) is 0 Å². The van der Waals surface area contributed by atoms with Gasteiger partial charge >= 0.3 is 6.18 Å². The molecular formula is C25H29F3N2O3S. The number of nitrogens with one attached hydrogen (secondary N) is 1. The number of benzene rings is 2. The van der Waals surface area contributed by atoms with Gasteiger partial charge in [-0.3, -0.25) is 9.59 Å². The van der Waals surface area contributed by atoms with E-state index in [-0.39, 0.29) is 30.7 Å². The number of rotatable bonds is 9. The van der Waals surface area contributed by atoms with E-state index in [0.29, 0.717) is 22.3 Å². The van der Waals surface area contributed by atoms with Crippen molar-refractivity contribution < 1.29 is 27.5 Å². The van der Waals surface area contributed by atoms with Gasteiger partial charge in [-0.15, -0.1) is 11.8 Å². The maximum atomic E-state index is 12.7. The number of alkyl halides is 3. The minimum Gasteiger partial charge on any atom is -0.492 e. The van der Waals surface area contributed by atoms with Crippen molar-refractivity contribution in [1.29, 1.82) is 0 Å². The molecule has 1 N–H and O–H groups in total. The zero-order valence-corrected chi connectivity index (χ0v) is 19.9. The second-order valence-corrected chi connectivity index (χ2v) is 9.22. The Bertz CT molecular complexity index is 961. The molecule has 0 heterocycles. The third kappa shape index (κ3) is 7.41. The highest BCUT2D eigenvalue weighted by Gasteiger charge is 2.30. The summed E-state index contributed by atoms with van der Waals surface area (Å²) in [6, 6.07) is 11.8. The molecule has 0 radical (unpaired) electrons. The van der Waals surface area contributed by atoms with Crippen molar-refractivity contribution in [3.8, 4) is 5.75 Å². The maximum Gasteiger partial charge on any atom is 0.416 e. The van der Waals surface area contributed by atoms with E-state index in [1.165, 1.54) is 30.3 Å². The summed E-state index contributed by atoms with van der Waals surface area (Å²) in [5.74, 6) is 0.303. The number of hydrogen-bond acceptors (Lipinski definition) is 4. The lowest BCUT2D eigenvalue weighted by molar-refractivity contribution is -0.137. The number of carbonyl (C=O) groups excluding carboxylic acids is 2. The molecule has 0 unspecified atom stereocenters. The quantitative estimate of drug-likeness (QED) is 0.375. The van der Waals surface area contributed by atoms with Gasteiger partial charge in [-0.1, -0.05) is 31.4 Å². The van der Waals surface area contributed by atoms with Gasteiger partial charge in [0.05, 0.1) is 23.4 Å². The SMILES string of the molecule is CN(C(=O)CSc1ccccc1C(=O)NCCOc1ccc(C(F)(F)F)cc1)C1CCCCC1. The molecule has 2 amide bonds. The Labute approximate surface area is 202 Å². The topological polar surface area (TPSA) is 58.6 Å². The number of hydrogen-bond donors (Lipinski definition) is 1. The highest BCUT2D eigenvalue weighted by atomic mass is 32.2. The molecule has 34 heavy (non-hydrogen) atoms. The maximum absolute atomic E-state index is 12.7. The van der Waals surface area contributed by atoms with E-state index < -0.39 is 11.7 Å². The fourth-order valence-electron chi connectivity index (χ4n) is 3.86. The van der Waals surface area contributed by atoms with Gasteiger partial charge in [-0.05, 0) is 49.2 Å². The Hall–Kier alpha value is -2.68. The Balaban J connectivity index is 1.46. The van der Waals surface area contributed by atoms with Crippen LogP contribution in [0.4, 0.5) is 13.2 Å². The van der Waals surface area contributed by atoms with E-state index >= 15 is 0 Å². The minimum absolute atomic E-state index is 0.0528. The molecule has 0 aliphatic heterocycles. The van der Waals surface area contributed by atoms with Gasteiger partial charge in [0.25, 0.3) is 5.91 Å². The highest BCUT2D eigenvalue weighted by Crippen LogP contribution is 2.30. The van der Waals surface area contributed by atoms with Gasteiger partial charge in [-0.2, -0.15) is 13.2 Å². The van der Waals surface area contributed by atoms with Crippen molar-refractivity contribution >= 4 is 23.6 Å². The van der Waals surface area contributed by atoms with E-state index in [9.17, 15) is 22.8 Å². The van der Waals surface area contributed by atoms with Crippen LogP contribution in [-0.4, -0.2) is 48.7 Å². The summed E-state index contributed by atoms with van der Waals surface area (Å²) >= 11 is 1.34. The largest absolute Gasteiger partial charge is 0.492 e. The van der Waals surface area contributed by atoms with Crippen LogP contribution < -0.4 is 10.1 Å². The van der Waals surface area contributed by atoms with Crippen molar-refractivity contribution in [2.24, 2.45) is 0 Å². The average molecular weight is 495 g/mol. The number of thioether (sulfide) groups is 1.